The fraction of sp³-hybridized carbons (Fsp3) is 0.500. The van der Waals surface area contributed by atoms with Crippen LogP contribution in [0.3, 0.4) is 0 Å². The second-order valence-electron chi connectivity index (χ2n) is 7.24. The summed E-state index contributed by atoms with van der Waals surface area (Å²) in [5.74, 6) is 2.77. The van der Waals surface area contributed by atoms with Crippen molar-refractivity contribution in [3.8, 4) is 11.5 Å². The third-order valence-electron chi connectivity index (χ3n) is 4.82. The Labute approximate surface area is 160 Å². The van der Waals surface area contributed by atoms with Gasteiger partial charge in [0.05, 0.1) is 12.2 Å². The van der Waals surface area contributed by atoms with E-state index in [9.17, 15) is 4.79 Å². The minimum Gasteiger partial charge on any atom is -0.486 e. The highest BCUT2D eigenvalue weighted by Gasteiger charge is 2.21. The number of fused-ring (bicyclic) bond motifs is 1. The molecule has 2 heterocycles. The lowest BCUT2D eigenvalue weighted by Gasteiger charge is -2.27. The van der Waals surface area contributed by atoms with Crippen molar-refractivity contribution in [2.45, 2.75) is 39.8 Å². The standard InChI is InChI=1S/C20H28N4O3/c1-14(2)8-10-24-19(7-9-21-24)22-20(25)23(4)15(3)16-5-6-17-18(13-16)27-12-11-26-17/h5-7,9,13-15H,8,10-12H2,1-4H3,(H,22,25)/t15-/m0/s1. The summed E-state index contributed by atoms with van der Waals surface area (Å²) in [4.78, 5) is 14.4. The maximum Gasteiger partial charge on any atom is 0.323 e. The number of anilines is 1. The van der Waals surface area contributed by atoms with Gasteiger partial charge < -0.3 is 14.4 Å². The van der Waals surface area contributed by atoms with E-state index in [4.69, 9.17) is 9.47 Å². The molecule has 1 aliphatic heterocycles. The smallest absolute Gasteiger partial charge is 0.323 e. The van der Waals surface area contributed by atoms with E-state index < -0.39 is 0 Å². The van der Waals surface area contributed by atoms with Gasteiger partial charge in [-0.3, -0.25) is 5.32 Å². The Morgan fingerprint density at radius 1 is 1.22 bits per heavy atom. The van der Waals surface area contributed by atoms with Crippen LogP contribution in [0.4, 0.5) is 10.6 Å². The summed E-state index contributed by atoms with van der Waals surface area (Å²) in [6.07, 6.45) is 2.72. The van der Waals surface area contributed by atoms with Crippen LogP contribution in [0.1, 0.15) is 38.8 Å². The molecular formula is C20H28N4O3. The van der Waals surface area contributed by atoms with Gasteiger partial charge in [0.15, 0.2) is 11.5 Å². The molecule has 0 fully saturated rings. The van der Waals surface area contributed by atoms with E-state index in [2.05, 4.69) is 24.3 Å². The van der Waals surface area contributed by atoms with Crippen LogP contribution in [0.2, 0.25) is 0 Å². The molecule has 0 radical (unpaired) electrons. The minimum absolute atomic E-state index is 0.118. The van der Waals surface area contributed by atoms with Gasteiger partial charge in [0.25, 0.3) is 0 Å². The lowest BCUT2D eigenvalue weighted by Crippen LogP contribution is -2.34. The molecule has 2 aromatic rings. The largest absolute Gasteiger partial charge is 0.486 e. The van der Waals surface area contributed by atoms with Crippen molar-refractivity contribution in [1.82, 2.24) is 14.7 Å². The zero-order valence-electron chi connectivity index (χ0n) is 16.4. The van der Waals surface area contributed by atoms with E-state index in [0.717, 1.165) is 30.0 Å². The van der Waals surface area contributed by atoms with E-state index in [1.54, 1.807) is 18.1 Å². The van der Waals surface area contributed by atoms with Crippen molar-refractivity contribution in [3.05, 3.63) is 36.0 Å². The summed E-state index contributed by atoms with van der Waals surface area (Å²) in [5.41, 5.74) is 0.991. The van der Waals surface area contributed by atoms with E-state index in [1.807, 2.05) is 35.9 Å². The quantitative estimate of drug-likeness (QED) is 0.834. The van der Waals surface area contributed by atoms with Crippen LogP contribution in [0.5, 0.6) is 11.5 Å². The van der Waals surface area contributed by atoms with Gasteiger partial charge in [0, 0.05) is 19.7 Å². The number of hydrogen-bond acceptors (Lipinski definition) is 4. The lowest BCUT2D eigenvalue weighted by atomic mass is 10.1. The number of hydrogen-bond donors (Lipinski definition) is 1. The molecule has 27 heavy (non-hydrogen) atoms. The fourth-order valence-electron chi connectivity index (χ4n) is 2.91. The number of carbonyl (C=O) groups is 1. The van der Waals surface area contributed by atoms with Gasteiger partial charge in [-0.05, 0) is 37.0 Å². The zero-order valence-corrected chi connectivity index (χ0v) is 16.4. The van der Waals surface area contributed by atoms with Crippen LogP contribution >= 0.6 is 0 Å². The molecule has 1 aliphatic rings. The molecule has 1 atom stereocenters. The van der Waals surface area contributed by atoms with Crippen molar-refractivity contribution < 1.29 is 14.3 Å². The highest BCUT2D eigenvalue weighted by Crippen LogP contribution is 2.33. The summed E-state index contributed by atoms with van der Waals surface area (Å²) in [5, 5.41) is 7.26. The lowest BCUT2D eigenvalue weighted by molar-refractivity contribution is 0.170. The number of urea groups is 1. The van der Waals surface area contributed by atoms with Crippen LogP contribution in [-0.2, 0) is 6.54 Å². The predicted molar refractivity (Wildman–Crippen MR) is 104 cm³/mol. The molecule has 1 aromatic heterocycles. The van der Waals surface area contributed by atoms with Crippen molar-refractivity contribution >= 4 is 11.8 Å². The molecule has 7 heteroatoms. The first-order valence-corrected chi connectivity index (χ1v) is 9.41. The van der Waals surface area contributed by atoms with Gasteiger partial charge in [-0.15, -0.1) is 0 Å². The van der Waals surface area contributed by atoms with Gasteiger partial charge in [-0.1, -0.05) is 19.9 Å². The summed E-state index contributed by atoms with van der Waals surface area (Å²) in [6, 6.07) is 7.33. The summed E-state index contributed by atoms with van der Waals surface area (Å²) in [6.45, 7) is 8.22. The number of benzene rings is 1. The van der Waals surface area contributed by atoms with Gasteiger partial charge in [0.1, 0.15) is 19.0 Å². The van der Waals surface area contributed by atoms with Gasteiger partial charge in [-0.2, -0.15) is 5.10 Å². The second kappa shape index (κ2) is 8.33. The fourth-order valence-corrected chi connectivity index (χ4v) is 2.91. The van der Waals surface area contributed by atoms with Gasteiger partial charge in [0.2, 0.25) is 0 Å². The summed E-state index contributed by atoms with van der Waals surface area (Å²) in [7, 11) is 1.78. The number of nitrogens with one attached hydrogen (secondary N) is 1. The molecule has 7 nitrogen and oxygen atoms in total. The zero-order chi connectivity index (χ0) is 19.4. The van der Waals surface area contributed by atoms with Gasteiger partial charge >= 0.3 is 6.03 Å². The summed E-state index contributed by atoms with van der Waals surface area (Å²) < 4.78 is 13.0. The van der Waals surface area contributed by atoms with Crippen LogP contribution in [0, 0.1) is 5.92 Å². The van der Waals surface area contributed by atoms with Crippen molar-refractivity contribution in [2.24, 2.45) is 5.92 Å². The Morgan fingerprint density at radius 3 is 2.70 bits per heavy atom. The normalized spacial score (nSPS) is 14.1. The molecule has 0 saturated carbocycles. The van der Waals surface area contributed by atoms with Crippen LogP contribution in [0.25, 0.3) is 0 Å². The molecule has 1 N–H and O–H groups in total. The Morgan fingerprint density at radius 2 is 1.96 bits per heavy atom. The SMILES string of the molecule is CC(C)CCn1nccc1NC(=O)N(C)[C@@H](C)c1ccc2c(c1)OCCO2. The maximum atomic E-state index is 12.7. The van der Waals surface area contributed by atoms with Crippen molar-refractivity contribution in [1.29, 1.82) is 0 Å². The second-order valence-corrected chi connectivity index (χ2v) is 7.24. The number of rotatable bonds is 6. The van der Waals surface area contributed by atoms with Crippen LogP contribution in [0.15, 0.2) is 30.5 Å². The third kappa shape index (κ3) is 4.53. The molecule has 2 amide bonds. The molecule has 0 spiro atoms. The molecule has 3 rings (SSSR count). The van der Waals surface area contributed by atoms with E-state index in [1.165, 1.54) is 0 Å². The molecular weight excluding hydrogens is 344 g/mol. The summed E-state index contributed by atoms with van der Waals surface area (Å²) >= 11 is 0. The maximum absolute atomic E-state index is 12.7. The average molecular weight is 372 g/mol. The molecule has 0 unspecified atom stereocenters. The molecule has 0 aliphatic carbocycles. The molecule has 1 aromatic carbocycles. The highest BCUT2D eigenvalue weighted by molar-refractivity contribution is 5.88. The van der Waals surface area contributed by atoms with Crippen molar-refractivity contribution in [3.63, 3.8) is 0 Å². The van der Waals surface area contributed by atoms with E-state index in [0.29, 0.717) is 24.9 Å². The Balaban J connectivity index is 1.66. The van der Waals surface area contributed by atoms with E-state index >= 15 is 0 Å². The minimum atomic E-state index is -0.177. The topological polar surface area (TPSA) is 68.6 Å². The molecule has 0 saturated heterocycles. The van der Waals surface area contributed by atoms with Crippen LogP contribution in [-0.4, -0.2) is 41.0 Å². The van der Waals surface area contributed by atoms with E-state index in [-0.39, 0.29) is 12.1 Å². The Kier molecular flexibility index (Phi) is 5.88. The average Bonchev–Trinajstić information content (AvgIpc) is 3.11. The number of aromatic nitrogens is 2. The monoisotopic (exact) mass is 372 g/mol. The van der Waals surface area contributed by atoms with Gasteiger partial charge in [-0.25, -0.2) is 9.48 Å². The first kappa shape index (κ1) is 19.1. The Bertz CT molecular complexity index is 787. The number of aryl methyl sites for hydroxylation is 1. The van der Waals surface area contributed by atoms with Crippen molar-refractivity contribution in [2.75, 3.05) is 25.6 Å². The first-order chi connectivity index (χ1) is 13.0. The molecule has 0 bridgehead atoms. The number of nitrogens with zero attached hydrogens (tertiary/aromatic N) is 3. The third-order valence-corrected chi connectivity index (χ3v) is 4.82. The number of amides is 2. The molecule has 146 valence electrons. The Hall–Kier alpha value is -2.70. The first-order valence-electron chi connectivity index (χ1n) is 9.41. The number of ether oxygens (including phenoxy) is 2. The van der Waals surface area contributed by atoms with Crippen LogP contribution < -0.4 is 14.8 Å². The number of carbonyl (C=O) groups excluding carboxylic acids is 1. The highest BCUT2D eigenvalue weighted by atomic mass is 16.6. The predicted octanol–water partition coefficient (Wildman–Crippen LogP) is 3.93.